The predicted molar refractivity (Wildman–Crippen MR) is 115 cm³/mol. The van der Waals surface area contributed by atoms with Crippen molar-refractivity contribution >= 4 is 22.6 Å². The largest absolute Gasteiger partial charge is 0.349 e. The van der Waals surface area contributed by atoms with Gasteiger partial charge in [-0.25, -0.2) is 37.0 Å². The molecule has 5 heterocycles. The van der Waals surface area contributed by atoms with Crippen LogP contribution >= 0.6 is 0 Å². The van der Waals surface area contributed by atoms with Gasteiger partial charge in [-0.3, -0.25) is 4.90 Å². The molecule has 0 amide bonds. The quantitative estimate of drug-likeness (QED) is 0.458. The van der Waals surface area contributed by atoms with E-state index in [1.54, 1.807) is 54.0 Å². The van der Waals surface area contributed by atoms with Crippen LogP contribution in [0.5, 0.6) is 0 Å². The number of nitrogens with zero attached hydrogens (tertiary/aromatic N) is 7. The van der Waals surface area contributed by atoms with Gasteiger partial charge in [-0.2, -0.15) is 0 Å². The van der Waals surface area contributed by atoms with Gasteiger partial charge in [0.25, 0.3) is 12.3 Å². The first-order valence-electron chi connectivity index (χ1n) is 10.5. The van der Waals surface area contributed by atoms with E-state index in [1.165, 1.54) is 4.57 Å². The SMILES string of the molecule is Cc1nc2ccc(-c3ccn4nc(N[C@@H]5CN(C)CC(F)(F)C5)ncc34)nc2n1CC(F)F. The average Bonchev–Trinajstić information content (AvgIpc) is 3.26. The monoisotopic (exact) mass is 462 g/mol. The van der Waals surface area contributed by atoms with Crippen LogP contribution in [0.1, 0.15) is 12.2 Å². The molecule has 1 saturated heterocycles. The van der Waals surface area contributed by atoms with Gasteiger partial charge in [-0.05, 0) is 32.2 Å². The second-order valence-electron chi connectivity index (χ2n) is 8.44. The molecule has 12 heteroatoms. The number of fused-ring (bicyclic) bond motifs is 2. The summed E-state index contributed by atoms with van der Waals surface area (Å²) in [5.74, 6) is -2.06. The summed E-state index contributed by atoms with van der Waals surface area (Å²) in [5.41, 5.74) is 2.85. The van der Waals surface area contributed by atoms with Crippen LogP contribution < -0.4 is 5.32 Å². The zero-order chi connectivity index (χ0) is 23.3. The van der Waals surface area contributed by atoms with E-state index in [0.29, 0.717) is 34.7 Å². The third-order valence-electron chi connectivity index (χ3n) is 5.71. The Morgan fingerprint density at radius 1 is 1.21 bits per heavy atom. The summed E-state index contributed by atoms with van der Waals surface area (Å²) in [6.45, 7) is 1.38. The summed E-state index contributed by atoms with van der Waals surface area (Å²) < 4.78 is 56.8. The molecule has 5 rings (SSSR count). The summed E-state index contributed by atoms with van der Waals surface area (Å²) in [5, 5.41) is 7.40. The number of piperidine rings is 1. The molecule has 8 nitrogen and oxygen atoms in total. The Bertz CT molecular complexity index is 1310. The molecule has 1 fully saturated rings. The number of hydrogen-bond donors (Lipinski definition) is 1. The standard InChI is InChI=1S/C21H22F4N8/c1-12-27-16-4-3-15(29-19(16)32(12)10-18(22)23)14-5-6-33-17(14)8-26-20(30-33)28-13-7-21(24,25)11-31(2)9-13/h3-6,8,13,18H,7,9-11H2,1-2H3,(H,28,30)/t13-/m0/s1. The molecule has 0 saturated carbocycles. The molecule has 1 N–H and O–H groups in total. The fraction of sp³-hybridized carbons (Fsp3) is 0.429. The van der Waals surface area contributed by atoms with Crippen molar-refractivity contribution in [1.82, 2.24) is 34.0 Å². The Kier molecular flexibility index (Phi) is 5.19. The van der Waals surface area contributed by atoms with E-state index in [-0.39, 0.29) is 18.9 Å². The maximum Gasteiger partial charge on any atom is 0.262 e. The van der Waals surface area contributed by atoms with Crippen LogP contribution in [0.3, 0.4) is 0 Å². The number of aromatic nitrogens is 6. The third kappa shape index (κ3) is 4.22. The highest BCUT2D eigenvalue weighted by molar-refractivity contribution is 5.82. The van der Waals surface area contributed by atoms with Crippen molar-refractivity contribution in [2.75, 3.05) is 25.5 Å². The van der Waals surface area contributed by atoms with Crippen molar-refractivity contribution in [2.24, 2.45) is 0 Å². The lowest BCUT2D eigenvalue weighted by molar-refractivity contribution is -0.0612. The number of pyridine rings is 1. The molecular formula is C21H22F4N8. The summed E-state index contributed by atoms with van der Waals surface area (Å²) >= 11 is 0. The Morgan fingerprint density at radius 2 is 2.03 bits per heavy atom. The van der Waals surface area contributed by atoms with Gasteiger partial charge in [0.05, 0.1) is 30.5 Å². The number of rotatable bonds is 5. The minimum absolute atomic E-state index is 0.245. The Balaban J connectivity index is 1.45. The first-order chi connectivity index (χ1) is 15.7. The van der Waals surface area contributed by atoms with Crippen LogP contribution in [-0.4, -0.2) is 72.6 Å². The van der Waals surface area contributed by atoms with Crippen molar-refractivity contribution in [3.05, 3.63) is 36.4 Å². The summed E-state index contributed by atoms with van der Waals surface area (Å²) in [6, 6.07) is 4.83. The number of likely N-dealkylation sites (N-methyl/N-ethyl adjacent to an activating group) is 1. The van der Waals surface area contributed by atoms with Crippen LogP contribution in [0.15, 0.2) is 30.6 Å². The van der Waals surface area contributed by atoms with E-state index >= 15 is 0 Å². The Morgan fingerprint density at radius 3 is 2.79 bits per heavy atom. The minimum Gasteiger partial charge on any atom is -0.349 e. The normalized spacial score (nSPS) is 19.1. The molecule has 0 bridgehead atoms. The van der Waals surface area contributed by atoms with E-state index in [9.17, 15) is 17.6 Å². The lowest BCUT2D eigenvalue weighted by atomic mass is 10.0. The topological polar surface area (TPSA) is 76.2 Å². The highest BCUT2D eigenvalue weighted by atomic mass is 19.3. The average molecular weight is 462 g/mol. The van der Waals surface area contributed by atoms with Crippen LogP contribution in [0.25, 0.3) is 27.9 Å². The molecule has 0 aliphatic carbocycles. The van der Waals surface area contributed by atoms with Gasteiger partial charge in [0.15, 0.2) is 5.65 Å². The molecule has 0 radical (unpaired) electrons. The van der Waals surface area contributed by atoms with Crippen LogP contribution in [0.4, 0.5) is 23.5 Å². The second-order valence-corrected chi connectivity index (χ2v) is 8.44. The molecule has 0 aromatic carbocycles. The number of alkyl halides is 4. The fourth-order valence-corrected chi connectivity index (χ4v) is 4.41. The number of aryl methyl sites for hydroxylation is 1. The highest BCUT2D eigenvalue weighted by Crippen LogP contribution is 2.29. The van der Waals surface area contributed by atoms with Gasteiger partial charge in [0.1, 0.15) is 11.3 Å². The Hall–Kier alpha value is -3.28. The fourth-order valence-electron chi connectivity index (χ4n) is 4.41. The van der Waals surface area contributed by atoms with E-state index < -0.39 is 24.9 Å². The van der Waals surface area contributed by atoms with E-state index in [1.807, 2.05) is 0 Å². The first-order valence-corrected chi connectivity index (χ1v) is 10.5. The van der Waals surface area contributed by atoms with E-state index in [0.717, 1.165) is 5.56 Å². The lowest BCUT2D eigenvalue weighted by Gasteiger charge is -2.35. The zero-order valence-electron chi connectivity index (χ0n) is 18.0. The number of imidazole rings is 1. The van der Waals surface area contributed by atoms with Crippen molar-refractivity contribution < 1.29 is 17.6 Å². The van der Waals surface area contributed by atoms with E-state index in [2.05, 4.69) is 25.4 Å². The molecule has 4 aromatic rings. The van der Waals surface area contributed by atoms with Gasteiger partial charge in [0, 0.05) is 30.8 Å². The maximum absolute atomic E-state index is 13.9. The summed E-state index contributed by atoms with van der Waals surface area (Å²) in [6.07, 6.45) is 0.492. The highest BCUT2D eigenvalue weighted by Gasteiger charge is 2.39. The van der Waals surface area contributed by atoms with E-state index in [4.69, 9.17) is 0 Å². The van der Waals surface area contributed by atoms with Gasteiger partial charge in [0.2, 0.25) is 5.95 Å². The second kappa shape index (κ2) is 7.94. The predicted octanol–water partition coefficient (Wildman–Crippen LogP) is 3.47. The number of likely N-dealkylation sites (tertiary alicyclic amines) is 1. The van der Waals surface area contributed by atoms with Gasteiger partial charge < -0.3 is 9.88 Å². The molecule has 1 aliphatic rings. The van der Waals surface area contributed by atoms with Crippen molar-refractivity contribution in [3.63, 3.8) is 0 Å². The van der Waals surface area contributed by atoms with Gasteiger partial charge in [-0.1, -0.05) is 0 Å². The van der Waals surface area contributed by atoms with Crippen molar-refractivity contribution in [3.8, 4) is 11.3 Å². The van der Waals surface area contributed by atoms with Crippen LogP contribution in [-0.2, 0) is 6.54 Å². The number of nitrogens with one attached hydrogen (secondary N) is 1. The minimum atomic E-state index is -2.77. The molecule has 1 aliphatic heterocycles. The molecular weight excluding hydrogens is 440 g/mol. The molecule has 174 valence electrons. The number of hydrogen-bond acceptors (Lipinski definition) is 6. The van der Waals surface area contributed by atoms with Gasteiger partial charge >= 0.3 is 0 Å². The molecule has 4 aromatic heterocycles. The molecule has 33 heavy (non-hydrogen) atoms. The maximum atomic E-state index is 13.9. The molecule has 0 spiro atoms. The van der Waals surface area contributed by atoms with Crippen molar-refractivity contribution in [2.45, 2.75) is 38.3 Å². The van der Waals surface area contributed by atoms with Crippen LogP contribution in [0.2, 0.25) is 0 Å². The molecule has 1 atom stereocenters. The van der Waals surface area contributed by atoms with Crippen molar-refractivity contribution in [1.29, 1.82) is 0 Å². The molecule has 0 unspecified atom stereocenters. The first kappa shape index (κ1) is 21.6. The van der Waals surface area contributed by atoms with Crippen LogP contribution in [0, 0.1) is 6.92 Å². The zero-order valence-corrected chi connectivity index (χ0v) is 18.0. The third-order valence-corrected chi connectivity index (χ3v) is 5.71. The lowest BCUT2D eigenvalue weighted by Crippen LogP contribution is -2.50. The number of halogens is 4. The Labute approximate surface area is 186 Å². The smallest absolute Gasteiger partial charge is 0.262 e. The van der Waals surface area contributed by atoms with Gasteiger partial charge in [-0.15, -0.1) is 5.10 Å². The summed E-state index contributed by atoms with van der Waals surface area (Å²) in [4.78, 5) is 14.8. The number of anilines is 1. The summed E-state index contributed by atoms with van der Waals surface area (Å²) in [7, 11) is 1.66.